The highest BCUT2D eigenvalue weighted by Crippen LogP contribution is 2.28. The average molecular weight is 384 g/mol. The van der Waals surface area contributed by atoms with Crippen molar-refractivity contribution in [2.24, 2.45) is 0 Å². The molecular weight excluding hydrogens is 372 g/mol. The van der Waals surface area contributed by atoms with Crippen LogP contribution in [-0.4, -0.2) is 13.1 Å². The number of rotatable bonds is 3. The average Bonchev–Trinajstić information content (AvgIpc) is 2.43. The Bertz CT molecular complexity index is 516. The minimum atomic E-state index is -0.397. The standard InChI is InChI=1S/C15H12Br2O2/c1-19-15(18)14(10-2-6-12(16)7-3-10)11-4-8-13(17)9-5-11/h2-9,14H,1H3. The summed E-state index contributed by atoms with van der Waals surface area (Å²) in [5.74, 6) is -0.657. The number of methoxy groups -OCH3 is 1. The topological polar surface area (TPSA) is 26.3 Å². The number of halogens is 2. The molecule has 19 heavy (non-hydrogen) atoms. The van der Waals surface area contributed by atoms with Gasteiger partial charge < -0.3 is 4.74 Å². The molecule has 0 aliphatic carbocycles. The van der Waals surface area contributed by atoms with Gasteiger partial charge in [-0.05, 0) is 35.4 Å². The summed E-state index contributed by atoms with van der Waals surface area (Å²) in [6.45, 7) is 0. The molecule has 4 heteroatoms. The molecule has 0 saturated carbocycles. The molecule has 0 heterocycles. The number of esters is 1. The summed E-state index contributed by atoms with van der Waals surface area (Å²) in [4.78, 5) is 12.0. The fourth-order valence-corrected chi connectivity index (χ4v) is 2.42. The van der Waals surface area contributed by atoms with Gasteiger partial charge in [-0.25, -0.2) is 0 Å². The zero-order chi connectivity index (χ0) is 13.8. The molecule has 0 atom stereocenters. The zero-order valence-electron chi connectivity index (χ0n) is 10.3. The fourth-order valence-electron chi connectivity index (χ4n) is 1.89. The molecule has 0 fully saturated rings. The third-order valence-corrected chi connectivity index (χ3v) is 3.90. The van der Waals surface area contributed by atoms with Gasteiger partial charge in [0, 0.05) is 8.95 Å². The van der Waals surface area contributed by atoms with E-state index in [4.69, 9.17) is 4.74 Å². The molecule has 2 rings (SSSR count). The van der Waals surface area contributed by atoms with Gasteiger partial charge in [0.25, 0.3) is 0 Å². The number of hydrogen-bond donors (Lipinski definition) is 0. The van der Waals surface area contributed by atoms with Gasteiger partial charge in [0.1, 0.15) is 5.92 Å². The highest BCUT2D eigenvalue weighted by Gasteiger charge is 2.23. The van der Waals surface area contributed by atoms with Gasteiger partial charge in [0.05, 0.1) is 7.11 Å². The minimum absolute atomic E-state index is 0.260. The molecule has 0 radical (unpaired) electrons. The molecule has 0 amide bonds. The summed E-state index contributed by atoms with van der Waals surface area (Å²) in [6.07, 6.45) is 0. The van der Waals surface area contributed by atoms with E-state index in [2.05, 4.69) is 31.9 Å². The molecule has 0 unspecified atom stereocenters. The van der Waals surface area contributed by atoms with Crippen LogP contribution in [0.15, 0.2) is 57.5 Å². The molecule has 0 spiro atoms. The summed E-state index contributed by atoms with van der Waals surface area (Å²) in [5, 5.41) is 0. The second-order valence-electron chi connectivity index (χ2n) is 4.06. The van der Waals surface area contributed by atoms with Crippen LogP contribution in [0, 0.1) is 0 Å². The quantitative estimate of drug-likeness (QED) is 0.728. The molecule has 0 bridgehead atoms. The van der Waals surface area contributed by atoms with Crippen LogP contribution in [0.3, 0.4) is 0 Å². The van der Waals surface area contributed by atoms with E-state index in [0.717, 1.165) is 20.1 Å². The van der Waals surface area contributed by atoms with E-state index in [0.29, 0.717) is 0 Å². The normalized spacial score (nSPS) is 10.5. The fraction of sp³-hybridized carbons (Fsp3) is 0.133. The van der Waals surface area contributed by atoms with Gasteiger partial charge in [-0.15, -0.1) is 0 Å². The Morgan fingerprint density at radius 2 is 1.26 bits per heavy atom. The molecule has 98 valence electrons. The maximum absolute atomic E-state index is 12.0. The van der Waals surface area contributed by atoms with Crippen molar-refractivity contribution < 1.29 is 9.53 Å². The number of hydrogen-bond acceptors (Lipinski definition) is 2. The predicted molar refractivity (Wildman–Crippen MR) is 82.1 cm³/mol. The predicted octanol–water partition coefficient (Wildman–Crippen LogP) is 4.52. The van der Waals surface area contributed by atoms with Crippen molar-refractivity contribution in [3.63, 3.8) is 0 Å². The smallest absolute Gasteiger partial charge is 0.317 e. The first kappa shape index (κ1) is 14.3. The first-order chi connectivity index (χ1) is 9.11. The summed E-state index contributed by atoms with van der Waals surface area (Å²) >= 11 is 6.78. The monoisotopic (exact) mass is 382 g/mol. The van der Waals surface area contributed by atoms with Gasteiger partial charge in [-0.2, -0.15) is 0 Å². The largest absolute Gasteiger partial charge is 0.468 e. The van der Waals surface area contributed by atoms with E-state index < -0.39 is 5.92 Å². The maximum atomic E-state index is 12.0. The first-order valence-electron chi connectivity index (χ1n) is 5.70. The molecule has 0 aliphatic rings. The van der Waals surface area contributed by atoms with Crippen LogP contribution >= 0.6 is 31.9 Å². The van der Waals surface area contributed by atoms with Crippen LogP contribution < -0.4 is 0 Å². The van der Waals surface area contributed by atoms with Gasteiger partial charge in [-0.1, -0.05) is 56.1 Å². The van der Waals surface area contributed by atoms with E-state index in [9.17, 15) is 4.79 Å². The van der Waals surface area contributed by atoms with E-state index in [1.54, 1.807) is 0 Å². The number of benzene rings is 2. The molecule has 0 N–H and O–H groups in total. The van der Waals surface area contributed by atoms with Crippen LogP contribution in [0.4, 0.5) is 0 Å². The summed E-state index contributed by atoms with van der Waals surface area (Å²) in [5.41, 5.74) is 1.83. The minimum Gasteiger partial charge on any atom is -0.468 e. The van der Waals surface area contributed by atoms with Gasteiger partial charge in [0.15, 0.2) is 0 Å². The van der Waals surface area contributed by atoms with Crippen molar-refractivity contribution in [2.75, 3.05) is 7.11 Å². The second kappa shape index (κ2) is 6.35. The molecule has 0 aromatic heterocycles. The molecule has 2 aromatic rings. The van der Waals surface area contributed by atoms with Crippen LogP contribution in [0.1, 0.15) is 17.0 Å². The number of carbonyl (C=O) groups excluding carboxylic acids is 1. The van der Waals surface area contributed by atoms with Crippen LogP contribution in [0.2, 0.25) is 0 Å². The third-order valence-electron chi connectivity index (χ3n) is 2.84. The lowest BCUT2D eigenvalue weighted by molar-refractivity contribution is -0.141. The van der Waals surface area contributed by atoms with Crippen molar-refractivity contribution in [1.82, 2.24) is 0 Å². The van der Waals surface area contributed by atoms with Crippen molar-refractivity contribution in [3.05, 3.63) is 68.6 Å². The summed E-state index contributed by atoms with van der Waals surface area (Å²) < 4.78 is 6.88. The lowest BCUT2D eigenvalue weighted by atomic mass is 9.91. The number of ether oxygens (including phenoxy) is 1. The summed E-state index contributed by atoms with van der Waals surface area (Å²) in [7, 11) is 1.41. The Labute approximate surface area is 129 Å². The Morgan fingerprint density at radius 3 is 1.58 bits per heavy atom. The molecule has 2 nitrogen and oxygen atoms in total. The molecule has 0 saturated heterocycles. The number of carbonyl (C=O) groups is 1. The highest BCUT2D eigenvalue weighted by atomic mass is 79.9. The molecular formula is C15H12Br2O2. The van der Waals surface area contributed by atoms with E-state index in [1.165, 1.54) is 7.11 Å². The van der Waals surface area contributed by atoms with Crippen molar-refractivity contribution in [1.29, 1.82) is 0 Å². The van der Waals surface area contributed by atoms with Gasteiger partial charge in [0.2, 0.25) is 0 Å². The van der Waals surface area contributed by atoms with E-state index in [-0.39, 0.29) is 5.97 Å². The summed E-state index contributed by atoms with van der Waals surface area (Å²) in [6, 6.07) is 15.4. The van der Waals surface area contributed by atoms with E-state index in [1.807, 2.05) is 48.5 Å². The highest BCUT2D eigenvalue weighted by molar-refractivity contribution is 9.10. The Morgan fingerprint density at radius 1 is 0.895 bits per heavy atom. The van der Waals surface area contributed by atoms with Crippen molar-refractivity contribution in [3.8, 4) is 0 Å². The Kier molecular flexibility index (Phi) is 4.77. The lowest BCUT2D eigenvalue weighted by Crippen LogP contribution is -2.15. The maximum Gasteiger partial charge on any atom is 0.317 e. The second-order valence-corrected chi connectivity index (χ2v) is 5.89. The van der Waals surface area contributed by atoms with Gasteiger partial charge >= 0.3 is 5.97 Å². The SMILES string of the molecule is COC(=O)C(c1ccc(Br)cc1)c1ccc(Br)cc1. The molecule has 2 aromatic carbocycles. The third kappa shape index (κ3) is 3.45. The Hall–Kier alpha value is -1.13. The van der Waals surface area contributed by atoms with Crippen molar-refractivity contribution in [2.45, 2.75) is 5.92 Å². The first-order valence-corrected chi connectivity index (χ1v) is 7.29. The van der Waals surface area contributed by atoms with Crippen LogP contribution in [-0.2, 0) is 9.53 Å². The van der Waals surface area contributed by atoms with E-state index >= 15 is 0 Å². The van der Waals surface area contributed by atoms with Crippen LogP contribution in [0.25, 0.3) is 0 Å². The lowest BCUT2D eigenvalue weighted by Gasteiger charge is -2.15. The van der Waals surface area contributed by atoms with Crippen molar-refractivity contribution >= 4 is 37.8 Å². The zero-order valence-corrected chi connectivity index (χ0v) is 13.4. The van der Waals surface area contributed by atoms with Gasteiger partial charge in [-0.3, -0.25) is 4.79 Å². The Balaban J connectivity index is 2.44. The molecule has 0 aliphatic heterocycles. The van der Waals surface area contributed by atoms with Crippen LogP contribution in [0.5, 0.6) is 0 Å².